The highest BCUT2D eigenvalue weighted by molar-refractivity contribution is 5.87. The number of anilines is 1. The van der Waals surface area contributed by atoms with Gasteiger partial charge in [0.25, 0.3) is 0 Å². The maximum Gasteiger partial charge on any atom is 0.226 e. The minimum absolute atomic E-state index is 0.0298. The lowest BCUT2D eigenvalue weighted by Crippen LogP contribution is -2.49. The van der Waals surface area contributed by atoms with Crippen LogP contribution >= 0.6 is 0 Å². The molecule has 2 amide bonds. The Balaban J connectivity index is 1.82. The van der Waals surface area contributed by atoms with Crippen LogP contribution < -0.4 is 16.0 Å². The molecule has 1 aliphatic carbocycles. The minimum atomic E-state index is -0.527. The van der Waals surface area contributed by atoms with Gasteiger partial charge in [0.15, 0.2) is 0 Å². The van der Waals surface area contributed by atoms with Crippen molar-refractivity contribution in [2.45, 2.75) is 40.0 Å². The Morgan fingerprint density at radius 1 is 1.28 bits per heavy atom. The molecule has 1 saturated carbocycles. The van der Waals surface area contributed by atoms with Gasteiger partial charge in [-0.15, -0.1) is 0 Å². The number of rotatable bonds is 7. The number of hydrogen-bond donors (Lipinski definition) is 3. The van der Waals surface area contributed by atoms with Crippen molar-refractivity contribution in [3.63, 3.8) is 0 Å². The second kappa shape index (κ2) is 7.85. The summed E-state index contributed by atoms with van der Waals surface area (Å²) in [7, 11) is 1.66. The number of aromatic nitrogens is 1. The Morgan fingerprint density at radius 3 is 2.68 bits per heavy atom. The first-order valence-corrected chi connectivity index (χ1v) is 8.96. The summed E-state index contributed by atoms with van der Waals surface area (Å²) in [5.41, 5.74) is 0.0812. The average molecular weight is 346 g/mol. The number of hydrogen-bond acceptors (Lipinski definition) is 4. The van der Waals surface area contributed by atoms with Crippen LogP contribution in [0.5, 0.6) is 0 Å². The van der Waals surface area contributed by atoms with Gasteiger partial charge in [0.2, 0.25) is 11.8 Å². The van der Waals surface area contributed by atoms with Gasteiger partial charge in [-0.2, -0.15) is 0 Å². The molecule has 6 heteroatoms. The highest BCUT2D eigenvalue weighted by atomic mass is 16.2. The number of carbonyl (C=O) groups excluding carboxylic acids is 2. The van der Waals surface area contributed by atoms with Gasteiger partial charge in [-0.1, -0.05) is 20.8 Å². The van der Waals surface area contributed by atoms with Gasteiger partial charge in [0.1, 0.15) is 0 Å². The third-order valence-electron chi connectivity index (χ3n) is 5.92. The molecule has 1 heterocycles. The highest BCUT2D eigenvalue weighted by Gasteiger charge is 2.57. The summed E-state index contributed by atoms with van der Waals surface area (Å²) < 4.78 is 0. The molecule has 1 fully saturated rings. The fourth-order valence-electron chi connectivity index (χ4n) is 3.73. The van der Waals surface area contributed by atoms with Crippen LogP contribution in [0.15, 0.2) is 24.5 Å². The van der Waals surface area contributed by atoms with Gasteiger partial charge in [0.05, 0.1) is 11.1 Å². The average Bonchev–Trinajstić information content (AvgIpc) is 2.85. The molecule has 0 bridgehead atoms. The predicted octanol–water partition coefficient (Wildman–Crippen LogP) is 2.19. The Morgan fingerprint density at radius 2 is 2.04 bits per heavy atom. The number of carbonyl (C=O) groups is 2. The van der Waals surface area contributed by atoms with Crippen LogP contribution in [0.2, 0.25) is 0 Å². The first-order chi connectivity index (χ1) is 11.8. The summed E-state index contributed by atoms with van der Waals surface area (Å²) in [6, 6.07) is 3.85. The van der Waals surface area contributed by atoms with Gasteiger partial charge in [-0.3, -0.25) is 14.6 Å². The zero-order chi connectivity index (χ0) is 18.5. The Bertz CT molecular complexity index is 603. The SMILES string of the molecule is CNC(=O)[C@H]1CC[C@@](C)(C(=O)NCCCNc2cccnc2)C1(C)C. The molecule has 0 spiro atoms. The summed E-state index contributed by atoms with van der Waals surface area (Å²) in [5, 5.41) is 9.07. The van der Waals surface area contributed by atoms with Gasteiger partial charge in [-0.05, 0) is 36.8 Å². The molecule has 0 saturated heterocycles. The van der Waals surface area contributed by atoms with Crippen LogP contribution in [0.1, 0.15) is 40.0 Å². The van der Waals surface area contributed by atoms with Crippen LogP contribution in [0.4, 0.5) is 5.69 Å². The van der Waals surface area contributed by atoms with Gasteiger partial charge < -0.3 is 16.0 Å². The Kier molecular flexibility index (Phi) is 6.03. The molecule has 138 valence electrons. The maximum absolute atomic E-state index is 12.8. The lowest BCUT2D eigenvalue weighted by Gasteiger charge is -2.39. The lowest BCUT2D eigenvalue weighted by atomic mass is 9.65. The smallest absolute Gasteiger partial charge is 0.226 e. The van der Waals surface area contributed by atoms with Crippen molar-refractivity contribution < 1.29 is 9.59 Å². The summed E-state index contributed by atoms with van der Waals surface area (Å²) in [4.78, 5) is 29.0. The van der Waals surface area contributed by atoms with E-state index in [0.717, 1.165) is 31.5 Å². The van der Waals surface area contributed by atoms with Crippen LogP contribution in [0.3, 0.4) is 0 Å². The van der Waals surface area contributed by atoms with Crippen molar-refractivity contribution in [1.29, 1.82) is 0 Å². The van der Waals surface area contributed by atoms with Crippen molar-refractivity contribution >= 4 is 17.5 Å². The van der Waals surface area contributed by atoms with Crippen molar-refractivity contribution in [2.24, 2.45) is 16.7 Å². The summed E-state index contributed by atoms with van der Waals surface area (Å²) >= 11 is 0. The quantitative estimate of drug-likeness (QED) is 0.661. The molecule has 1 aliphatic rings. The normalized spacial score (nSPS) is 24.6. The Labute approximate surface area is 150 Å². The molecule has 1 aromatic rings. The summed E-state index contributed by atoms with van der Waals surface area (Å²) in [5.74, 6) is -0.0482. The van der Waals surface area contributed by atoms with E-state index < -0.39 is 5.41 Å². The molecule has 2 rings (SSSR count). The van der Waals surface area contributed by atoms with E-state index in [1.807, 2.05) is 32.9 Å². The molecule has 2 atom stereocenters. The third kappa shape index (κ3) is 3.94. The van der Waals surface area contributed by atoms with Crippen LogP contribution in [0.25, 0.3) is 0 Å². The molecule has 6 nitrogen and oxygen atoms in total. The number of amides is 2. The molecule has 0 unspecified atom stereocenters. The van der Waals surface area contributed by atoms with Gasteiger partial charge in [-0.25, -0.2) is 0 Å². The minimum Gasteiger partial charge on any atom is -0.384 e. The number of nitrogens with zero attached hydrogens (tertiary/aromatic N) is 1. The zero-order valence-electron chi connectivity index (χ0n) is 15.7. The molecule has 0 aromatic carbocycles. The summed E-state index contributed by atoms with van der Waals surface area (Å²) in [6.45, 7) is 7.43. The zero-order valence-corrected chi connectivity index (χ0v) is 15.7. The molecule has 1 aromatic heterocycles. The van der Waals surface area contributed by atoms with E-state index in [1.54, 1.807) is 19.4 Å². The van der Waals surface area contributed by atoms with E-state index in [2.05, 4.69) is 20.9 Å². The monoisotopic (exact) mass is 346 g/mol. The lowest BCUT2D eigenvalue weighted by molar-refractivity contribution is -0.138. The Hall–Kier alpha value is -2.11. The summed E-state index contributed by atoms with van der Waals surface area (Å²) in [6.07, 6.45) is 5.83. The van der Waals surface area contributed by atoms with Gasteiger partial charge in [0, 0.05) is 38.4 Å². The fourth-order valence-corrected chi connectivity index (χ4v) is 3.73. The molecular weight excluding hydrogens is 316 g/mol. The number of pyridine rings is 1. The molecule has 25 heavy (non-hydrogen) atoms. The number of nitrogens with one attached hydrogen (secondary N) is 3. The fraction of sp³-hybridized carbons (Fsp3) is 0.632. The van der Waals surface area contributed by atoms with Crippen LogP contribution in [-0.2, 0) is 9.59 Å². The molecule has 3 N–H and O–H groups in total. The largest absolute Gasteiger partial charge is 0.384 e. The predicted molar refractivity (Wildman–Crippen MR) is 99.0 cm³/mol. The van der Waals surface area contributed by atoms with Crippen LogP contribution in [-0.4, -0.2) is 36.9 Å². The second-order valence-corrected chi connectivity index (χ2v) is 7.54. The topological polar surface area (TPSA) is 83.1 Å². The second-order valence-electron chi connectivity index (χ2n) is 7.54. The third-order valence-corrected chi connectivity index (χ3v) is 5.92. The van der Waals surface area contributed by atoms with Crippen molar-refractivity contribution in [3.05, 3.63) is 24.5 Å². The standard InChI is InChI=1S/C19H30N4O2/c1-18(2)15(16(24)20-4)8-9-19(18,3)17(25)23-12-6-11-22-14-7-5-10-21-13-14/h5,7,10,13,15,22H,6,8-9,11-12H2,1-4H3,(H,20,24)(H,23,25)/t15-,19+/m1/s1. The van der Waals surface area contributed by atoms with Gasteiger partial charge >= 0.3 is 0 Å². The van der Waals surface area contributed by atoms with Crippen LogP contribution in [0, 0.1) is 16.7 Å². The first kappa shape index (κ1) is 19.2. The van der Waals surface area contributed by atoms with E-state index in [-0.39, 0.29) is 23.1 Å². The van der Waals surface area contributed by atoms with E-state index in [1.165, 1.54) is 0 Å². The maximum atomic E-state index is 12.8. The van der Waals surface area contributed by atoms with Crippen molar-refractivity contribution in [2.75, 3.05) is 25.5 Å². The highest BCUT2D eigenvalue weighted by Crippen LogP contribution is 2.56. The van der Waals surface area contributed by atoms with E-state index in [9.17, 15) is 9.59 Å². The van der Waals surface area contributed by atoms with E-state index in [0.29, 0.717) is 6.54 Å². The van der Waals surface area contributed by atoms with Crippen molar-refractivity contribution in [3.8, 4) is 0 Å². The van der Waals surface area contributed by atoms with E-state index in [4.69, 9.17) is 0 Å². The van der Waals surface area contributed by atoms with Crippen molar-refractivity contribution in [1.82, 2.24) is 15.6 Å². The molecule has 0 radical (unpaired) electrons. The van der Waals surface area contributed by atoms with E-state index >= 15 is 0 Å². The molecule has 0 aliphatic heterocycles. The first-order valence-electron chi connectivity index (χ1n) is 8.96. The molecular formula is C19H30N4O2.